The number of aliphatic carboxylic acids is 1. The van der Waals surface area contributed by atoms with E-state index in [-0.39, 0.29) is 41.1 Å². The molecule has 3 saturated carbocycles. The third-order valence-electron chi connectivity index (χ3n) is 16.6. The second kappa shape index (κ2) is 18.4. The maximum atomic E-state index is 13.0. The lowest BCUT2D eigenvalue weighted by atomic mass is 9.47. The molecule has 18 nitrogen and oxygen atoms in total. The number of carbonyl (C=O) groups is 2. The van der Waals surface area contributed by atoms with Gasteiger partial charge in [-0.05, 0) is 91.3 Å². The van der Waals surface area contributed by atoms with Gasteiger partial charge in [-0.1, -0.05) is 46.3 Å². The number of aliphatic hydroxyl groups is 8. The zero-order valence-corrected chi connectivity index (χ0v) is 36.8. The molecule has 24 atom stereocenters. The van der Waals surface area contributed by atoms with E-state index in [9.17, 15) is 55.5 Å². The summed E-state index contributed by atoms with van der Waals surface area (Å²) in [5.74, 6) is -0.106. The van der Waals surface area contributed by atoms with E-state index in [4.69, 9.17) is 33.2 Å². The number of carboxylic acid groups (broad SMARTS) is 1. The van der Waals surface area contributed by atoms with Gasteiger partial charge in [-0.2, -0.15) is 0 Å². The van der Waals surface area contributed by atoms with Crippen LogP contribution >= 0.6 is 0 Å². The first-order valence-corrected chi connectivity index (χ1v) is 23.1. The molecule has 8 rings (SSSR count). The predicted octanol–water partition coefficient (Wildman–Crippen LogP) is 0.149. The van der Waals surface area contributed by atoms with Gasteiger partial charge in [0.05, 0.1) is 25.4 Å². The first-order valence-electron chi connectivity index (χ1n) is 23.1. The molecule has 358 valence electrons. The highest BCUT2D eigenvalue weighted by Crippen LogP contribution is 2.67. The standard InChI is InChI=1S/C45H70O18/c1-18(2)12-20(47)13-19(3)23-6-7-24-22-15-27-26-14-21(8-10-45(26,5)25(22)9-11-44(23,24)4)58-42-39(35(53)34(52)37(61-42)40(55)56)63-43-38(33(51)30(48)28(16-46)59-43)62-41-36(54)32(50)31(49)29(60-41)17-57-27/h15,18-19,21,23-39,41-43,46,48-54H,6-14,16-17H2,1-5H3,(H,55,56)/t19?,21-,23+,24?,25?,26?,27+,28+,29-,30-,31+,32-,33-,34-,35-,36+,37-,38+,39+,41-,42+,43-,44+,45+/m0/s1. The SMILES string of the molecule is CC(C)CC(=O)CC(C)[C@H]1CCC2C3=C[C@H]4OC[C@@H]5O[C@@H](O[C@H]6[C@H](O[C@H]7[C@H](O[C@H]8CC[C@](C)(C3CC[C@@]21C)C4C8)O[C@H](C(=O)O)[C@@H](O)[C@@H]7O)O[C@H](CO)[C@H](O)[C@@H]6O)[C@H](O)[C@@H](O)[C@@H]5O. The van der Waals surface area contributed by atoms with Crippen LogP contribution in [0.2, 0.25) is 0 Å². The minimum atomic E-state index is -2.02. The Hall–Kier alpha value is -1.72. The molecule has 0 amide bonds. The number of rotatable bonds is 7. The molecule has 63 heavy (non-hydrogen) atoms. The third-order valence-corrected chi connectivity index (χ3v) is 16.6. The molecule has 0 aromatic carbocycles. The van der Waals surface area contributed by atoms with Crippen molar-refractivity contribution in [3.8, 4) is 0 Å². The van der Waals surface area contributed by atoms with Gasteiger partial charge in [-0.3, -0.25) is 4.79 Å². The third kappa shape index (κ3) is 8.60. The Labute approximate surface area is 367 Å². The summed E-state index contributed by atoms with van der Waals surface area (Å²) in [6.45, 7) is 9.97. The number of allylic oxidation sites excluding steroid dienone is 1. The molecule has 4 bridgehead atoms. The van der Waals surface area contributed by atoms with E-state index < -0.39 is 117 Å². The monoisotopic (exact) mass is 898 g/mol. The van der Waals surface area contributed by atoms with Gasteiger partial charge in [-0.25, -0.2) is 4.79 Å². The van der Waals surface area contributed by atoms with Crippen molar-refractivity contribution in [2.45, 2.75) is 197 Å². The Morgan fingerprint density at radius 1 is 0.698 bits per heavy atom. The van der Waals surface area contributed by atoms with Gasteiger partial charge in [0.1, 0.15) is 72.9 Å². The fourth-order valence-electron chi connectivity index (χ4n) is 13.3. The molecular formula is C45H70O18. The molecule has 7 fully saturated rings. The van der Waals surface area contributed by atoms with Crippen LogP contribution in [0, 0.1) is 46.3 Å². The maximum absolute atomic E-state index is 13.0. The predicted molar refractivity (Wildman–Crippen MR) is 216 cm³/mol. The average molecular weight is 899 g/mol. The van der Waals surface area contributed by atoms with Gasteiger partial charge in [0.25, 0.3) is 0 Å². The zero-order chi connectivity index (χ0) is 45.4. The summed E-state index contributed by atoms with van der Waals surface area (Å²) in [6.07, 6.45) is -18.6. The van der Waals surface area contributed by atoms with E-state index in [1.807, 2.05) is 0 Å². The Bertz CT molecular complexity index is 1680. The number of carbonyl (C=O) groups excluding carboxylic acids is 1. The highest BCUT2D eigenvalue weighted by molar-refractivity contribution is 5.78. The van der Waals surface area contributed by atoms with Crippen molar-refractivity contribution >= 4 is 11.8 Å². The number of Topliss-reactive ketones (excluding diaryl/α,β-unsaturated/α-hetero) is 1. The fourth-order valence-corrected chi connectivity index (χ4v) is 13.3. The van der Waals surface area contributed by atoms with Crippen molar-refractivity contribution in [2.75, 3.05) is 13.2 Å². The molecule has 0 aromatic heterocycles. The molecule has 8 aliphatic rings. The summed E-state index contributed by atoms with van der Waals surface area (Å²) < 4.78 is 43.3. The van der Waals surface area contributed by atoms with Crippen molar-refractivity contribution in [3.63, 3.8) is 0 Å². The second-order valence-electron chi connectivity index (χ2n) is 20.9. The average Bonchev–Trinajstić information content (AvgIpc) is 3.59. The smallest absolute Gasteiger partial charge is 0.335 e. The molecule has 0 aromatic rings. The van der Waals surface area contributed by atoms with Crippen LogP contribution in [-0.2, 0) is 42.7 Å². The molecule has 18 heteroatoms. The van der Waals surface area contributed by atoms with Crippen LogP contribution < -0.4 is 0 Å². The quantitative estimate of drug-likeness (QED) is 0.154. The molecule has 9 N–H and O–H groups in total. The lowest BCUT2D eigenvalue weighted by Crippen LogP contribution is -2.67. The fraction of sp³-hybridized carbons (Fsp3) is 0.911. The zero-order valence-electron chi connectivity index (χ0n) is 36.8. The molecular weight excluding hydrogens is 828 g/mol. The summed E-state index contributed by atoms with van der Waals surface area (Å²) >= 11 is 0. The van der Waals surface area contributed by atoms with E-state index in [2.05, 4.69) is 40.7 Å². The second-order valence-corrected chi connectivity index (χ2v) is 20.9. The number of fused-ring (bicyclic) bond motifs is 9. The lowest BCUT2D eigenvalue weighted by molar-refractivity contribution is -0.395. The van der Waals surface area contributed by atoms with E-state index in [1.165, 1.54) is 5.57 Å². The van der Waals surface area contributed by atoms with Crippen molar-refractivity contribution < 1.29 is 88.7 Å². The molecule has 4 aliphatic carbocycles. The van der Waals surface area contributed by atoms with E-state index in [0.717, 1.165) is 25.7 Å². The largest absolute Gasteiger partial charge is 0.479 e. The molecule has 0 spiro atoms. The normalized spacial score (nSPS) is 51.8. The minimum absolute atomic E-state index is 0.0371. The highest BCUT2D eigenvalue weighted by atomic mass is 16.8. The maximum Gasteiger partial charge on any atom is 0.335 e. The summed E-state index contributed by atoms with van der Waals surface area (Å²) in [4.78, 5) is 25.4. The Kier molecular flexibility index (Phi) is 14.0. The van der Waals surface area contributed by atoms with E-state index in [0.29, 0.717) is 49.7 Å². The summed E-state index contributed by atoms with van der Waals surface area (Å²) in [5.41, 5.74) is 0.979. The van der Waals surface area contributed by atoms with Crippen LogP contribution in [0.5, 0.6) is 0 Å². The lowest BCUT2D eigenvalue weighted by Gasteiger charge is -2.60. The van der Waals surface area contributed by atoms with Gasteiger partial charge in [0, 0.05) is 12.8 Å². The number of hydrogen-bond acceptors (Lipinski definition) is 17. The first-order chi connectivity index (χ1) is 29.8. The Morgan fingerprint density at radius 3 is 2.03 bits per heavy atom. The Morgan fingerprint density at radius 2 is 1.35 bits per heavy atom. The van der Waals surface area contributed by atoms with Gasteiger partial charge in [0.15, 0.2) is 25.0 Å². The van der Waals surface area contributed by atoms with Crippen molar-refractivity contribution in [3.05, 3.63) is 11.6 Å². The van der Waals surface area contributed by atoms with Crippen molar-refractivity contribution in [1.29, 1.82) is 0 Å². The molecule has 4 aliphatic heterocycles. The van der Waals surface area contributed by atoms with Crippen molar-refractivity contribution in [2.24, 2.45) is 46.3 Å². The van der Waals surface area contributed by atoms with Gasteiger partial charge < -0.3 is 79.1 Å². The van der Waals surface area contributed by atoms with Gasteiger partial charge in [0.2, 0.25) is 0 Å². The van der Waals surface area contributed by atoms with Gasteiger partial charge in [-0.15, -0.1) is 0 Å². The summed E-state index contributed by atoms with van der Waals surface area (Å²) in [6, 6.07) is 0. The Balaban J connectivity index is 1.15. The summed E-state index contributed by atoms with van der Waals surface area (Å²) in [5, 5.41) is 98.3. The highest BCUT2D eigenvalue weighted by Gasteiger charge is 2.62. The topological polar surface area (TPSA) is 281 Å². The number of aliphatic hydroxyl groups excluding tert-OH is 8. The molecule has 4 heterocycles. The van der Waals surface area contributed by atoms with Crippen LogP contribution in [0.25, 0.3) is 0 Å². The van der Waals surface area contributed by atoms with Crippen LogP contribution in [0.1, 0.15) is 92.4 Å². The van der Waals surface area contributed by atoms with Crippen LogP contribution in [-0.4, -0.2) is 175 Å². The van der Waals surface area contributed by atoms with E-state index in [1.54, 1.807) is 0 Å². The number of ether oxygens (including phenoxy) is 7. The van der Waals surface area contributed by atoms with Crippen LogP contribution in [0.3, 0.4) is 0 Å². The first kappa shape index (κ1) is 47.8. The van der Waals surface area contributed by atoms with Crippen LogP contribution in [0.15, 0.2) is 11.6 Å². The van der Waals surface area contributed by atoms with Gasteiger partial charge >= 0.3 is 5.97 Å². The van der Waals surface area contributed by atoms with Crippen LogP contribution in [0.4, 0.5) is 0 Å². The molecule has 4 saturated heterocycles. The minimum Gasteiger partial charge on any atom is -0.479 e. The summed E-state index contributed by atoms with van der Waals surface area (Å²) in [7, 11) is 0. The molecule has 4 unspecified atom stereocenters. The number of hydrogen-bond donors (Lipinski definition) is 9. The number of ketones is 1. The van der Waals surface area contributed by atoms with E-state index >= 15 is 0 Å². The van der Waals surface area contributed by atoms with Crippen molar-refractivity contribution in [1.82, 2.24) is 0 Å². The number of carboxylic acids is 1. The molecule has 0 radical (unpaired) electrons.